The van der Waals surface area contributed by atoms with Crippen molar-refractivity contribution in [3.63, 3.8) is 0 Å². The Morgan fingerprint density at radius 3 is 2.73 bits per heavy atom. The number of hydrogen-bond donors (Lipinski definition) is 1. The monoisotopic (exact) mass is 374 g/mol. The van der Waals surface area contributed by atoms with Gasteiger partial charge in [0.25, 0.3) is 5.91 Å². The molecule has 0 fully saturated rings. The third-order valence-corrected chi connectivity index (χ3v) is 4.22. The lowest BCUT2D eigenvalue weighted by molar-refractivity contribution is 0.0955. The van der Waals surface area contributed by atoms with E-state index in [2.05, 4.69) is 35.8 Å². The topological polar surface area (TPSA) is 67.8 Å². The van der Waals surface area contributed by atoms with Gasteiger partial charge in [0.15, 0.2) is 0 Å². The highest BCUT2D eigenvalue weighted by Gasteiger charge is 2.17. The molecular formula is C15H11BrN4OS. The molecule has 1 amide bonds. The molecule has 0 atom stereocenters. The molecule has 22 heavy (non-hydrogen) atoms. The van der Waals surface area contributed by atoms with Crippen LogP contribution in [0, 0.1) is 0 Å². The van der Waals surface area contributed by atoms with Crippen LogP contribution >= 0.6 is 27.5 Å². The molecule has 3 rings (SSSR count). The maximum absolute atomic E-state index is 12.3. The number of nitrogens with zero attached hydrogens (tertiary/aromatic N) is 3. The lowest BCUT2D eigenvalue weighted by Crippen LogP contribution is -2.22. The summed E-state index contributed by atoms with van der Waals surface area (Å²) >= 11 is 4.47. The summed E-state index contributed by atoms with van der Waals surface area (Å²) in [4.78, 5) is 17.0. The van der Waals surface area contributed by atoms with Gasteiger partial charge in [0, 0.05) is 16.2 Å². The number of nitrogens with one attached hydrogen (secondary N) is 1. The second-order valence-electron chi connectivity index (χ2n) is 4.46. The van der Waals surface area contributed by atoms with Crippen molar-refractivity contribution in [1.29, 1.82) is 0 Å². The molecule has 0 radical (unpaired) electrons. The van der Waals surface area contributed by atoms with E-state index in [1.807, 2.05) is 42.5 Å². The quantitative estimate of drug-likeness (QED) is 0.760. The van der Waals surface area contributed by atoms with Crippen LogP contribution in [0.15, 0.2) is 53.1 Å². The normalized spacial score (nSPS) is 10.4. The fourth-order valence-electron chi connectivity index (χ4n) is 1.89. The van der Waals surface area contributed by atoms with Crippen LogP contribution in [0.25, 0.3) is 11.3 Å². The summed E-state index contributed by atoms with van der Waals surface area (Å²) in [6.07, 6.45) is 1.70. The summed E-state index contributed by atoms with van der Waals surface area (Å²) in [5.74, 6) is -0.196. The number of rotatable bonds is 4. The highest BCUT2D eigenvalue weighted by molar-refractivity contribution is 9.10. The Labute approximate surface area is 139 Å². The zero-order chi connectivity index (χ0) is 15.4. The van der Waals surface area contributed by atoms with Crippen LogP contribution in [-0.4, -0.2) is 20.5 Å². The minimum absolute atomic E-state index is 0.196. The third kappa shape index (κ3) is 3.37. The first-order chi connectivity index (χ1) is 10.7. The lowest BCUT2D eigenvalue weighted by atomic mass is 10.1. The number of pyridine rings is 1. The Morgan fingerprint density at radius 2 is 2.00 bits per heavy atom. The van der Waals surface area contributed by atoms with Gasteiger partial charge in [-0.1, -0.05) is 38.6 Å². The van der Waals surface area contributed by atoms with Crippen molar-refractivity contribution in [2.75, 3.05) is 0 Å². The summed E-state index contributed by atoms with van der Waals surface area (Å²) in [5, 5.41) is 6.91. The highest BCUT2D eigenvalue weighted by Crippen LogP contribution is 2.25. The average molecular weight is 375 g/mol. The second-order valence-corrected chi connectivity index (χ2v) is 6.13. The van der Waals surface area contributed by atoms with E-state index in [1.54, 1.807) is 6.20 Å². The van der Waals surface area contributed by atoms with Crippen molar-refractivity contribution in [2.45, 2.75) is 6.54 Å². The average Bonchev–Trinajstić information content (AvgIpc) is 3.04. The van der Waals surface area contributed by atoms with E-state index in [0.717, 1.165) is 27.3 Å². The van der Waals surface area contributed by atoms with Crippen LogP contribution in [0.2, 0.25) is 0 Å². The van der Waals surface area contributed by atoms with Gasteiger partial charge in [-0.25, -0.2) is 0 Å². The summed E-state index contributed by atoms with van der Waals surface area (Å²) < 4.78 is 4.87. The van der Waals surface area contributed by atoms with E-state index >= 15 is 0 Å². The molecule has 0 bridgehead atoms. The van der Waals surface area contributed by atoms with Gasteiger partial charge >= 0.3 is 0 Å². The van der Waals surface area contributed by atoms with Crippen LogP contribution in [-0.2, 0) is 6.54 Å². The van der Waals surface area contributed by atoms with Gasteiger partial charge in [-0.15, -0.1) is 5.10 Å². The Morgan fingerprint density at radius 1 is 1.18 bits per heavy atom. The molecular weight excluding hydrogens is 364 g/mol. The lowest BCUT2D eigenvalue weighted by Gasteiger charge is -2.04. The standard InChI is InChI=1S/C15H11BrN4OS/c16-11-6-4-10(5-7-11)13-14(22-20-19-13)15(21)18-9-12-3-1-2-8-17-12/h1-8H,9H2,(H,18,21). The molecule has 3 aromatic rings. The molecule has 0 saturated carbocycles. The molecule has 0 aliphatic rings. The van der Waals surface area contributed by atoms with Gasteiger partial charge in [-0.3, -0.25) is 9.78 Å². The SMILES string of the molecule is O=C(NCc1ccccn1)c1snnc1-c1ccc(Br)cc1. The summed E-state index contributed by atoms with van der Waals surface area (Å²) in [5.41, 5.74) is 2.26. The number of amides is 1. The van der Waals surface area contributed by atoms with E-state index in [1.165, 1.54) is 0 Å². The number of carbonyl (C=O) groups excluding carboxylic acids is 1. The van der Waals surface area contributed by atoms with Crippen LogP contribution < -0.4 is 5.32 Å². The van der Waals surface area contributed by atoms with Crippen LogP contribution in [0.1, 0.15) is 15.4 Å². The number of halogens is 1. The molecule has 1 N–H and O–H groups in total. The molecule has 2 aromatic heterocycles. The minimum atomic E-state index is -0.196. The first kappa shape index (κ1) is 14.8. The number of aromatic nitrogens is 3. The molecule has 0 spiro atoms. The van der Waals surface area contributed by atoms with Crippen molar-refractivity contribution < 1.29 is 4.79 Å². The number of carbonyl (C=O) groups is 1. The van der Waals surface area contributed by atoms with E-state index < -0.39 is 0 Å². The molecule has 0 aliphatic heterocycles. The molecule has 110 valence electrons. The van der Waals surface area contributed by atoms with Gasteiger partial charge in [-0.2, -0.15) is 0 Å². The fourth-order valence-corrected chi connectivity index (χ4v) is 2.76. The van der Waals surface area contributed by atoms with Crippen molar-refractivity contribution in [3.05, 3.63) is 63.7 Å². The first-order valence-corrected chi connectivity index (χ1v) is 8.07. The van der Waals surface area contributed by atoms with Crippen LogP contribution in [0.5, 0.6) is 0 Å². The van der Waals surface area contributed by atoms with Crippen LogP contribution in [0.4, 0.5) is 0 Å². The van der Waals surface area contributed by atoms with E-state index in [4.69, 9.17) is 0 Å². The van der Waals surface area contributed by atoms with E-state index in [-0.39, 0.29) is 5.91 Å². The molecule has 5 nitrogen and oxygen atoms in total. The Kier molecular flexibility index (Phi) is 4.55. The highest BCUT2D eigenvalue weighted by atomic mass is 79.9. The largest absolute Gasteiger partial charge is 0.346 e. The summed E-state index contributed by atoms with van der Waals surface area (Å²) in [6, 6.07) is 13.2. The molecule has 0 aliphatic carbocycles. The Balaban J connectivity index is 1.76. The van der Waals surface area contributed by atoms with Gasteiger partial charge in [-0.05, 0) is 35.8 Å². The number of hydrogen-bond acceptors (Lipinski definition) is 5. The van der Waals surface area contributed by atoms with Crippen molar-refractivity contribution >= 4 is 33.4 Å². The molecule has 2 heterocycles. The zero-order valence-electron chi connectivity index (χ0n) is 11.4. The summed E-state index contributed by atoms with van der Waals surface area (Å²) in [6.45, 7) is 0.372. The van der Waals surface area contributed by atoms with E-state index in [9.17, 15) is 4.79 Å². The maximum Gasteiger partial charge on any atom is 0.265 e. The summed E-state index contributed by atoms with van der Waals surface area (Å²) in [7, 11) is 0. The molecule has 0 saturated heterocycles. The Hall–Kier alpha value is -2.12. The predicted molar refractivity (Wildman–Crippen MR) is 88.5 cm³/mol. The van der Waals surface area contributed by atoms with Gasteiger partial charge in [0.1, 0.15) is 10.6 Å². The molecule has 7 heteroatoms. The third-order valence-electron chi connectivity index (χ3n) is 2.97. The first-order valence-electron chi connectivity index (χ1n) is 6.50. The Bertz CT molecular complexity index is 774. The van der Waals surface area contributed by atoms with Crippen molar-refractivity contribution in [1.82, 2.24) is 19.9 Å². The molecule has 0 unspecified atom stereocenters. The van der Waals surface area contributed by atoms with Crippen molar-refractivity contribution in [3.8, 4) is 11.3 Å². The number of benzene rings is 1. The zero-order valence-corrected chi connectivity index (χ0v) is 13.8. The van der Waals surface area contributed by atoms with Crippen LogP contribution in [0.3, 0.4) is 0 Å². The fraction of sp³-hybridized carbons (Fsp3) is 0.0667. The minimum Gasteiger partial charge on any atom is -0.346 e. The second kappa shape index (κ2) is 6.76. The maximum atomic E-state index is 12.3. The van der Waals surface area contributed by atoms with E-state index in [0.29, 0.717) is 17.1 Å². The van der Waals surface area contributed by atoms with Gasteiger partial charge in [0.05, 0.1) is 12.2 Å². The van der Waals surface area contributed by atoms with Gasteiger partial charge < -0.3 is 5.32 Å². The van der Waals surface area contributed by atoms with Gasteiger partial charge in [0.2, 0.25) is 0 Å². The smallest absolute Gasteiger partial charge is 0.265 e. The van der Waals surface area contributed by atoms with Crippen molar-refractivity contribution in [2.24, 2.45) is 0 Å². The molecule has 1 aromatic carbocycles. The predicted octanol–water partition coefficient (Wildman–Crippen LogP) is 3.29.